The van der Waals surface area contributed by atoms with Crippen LogP contribution in [0.2, 0.25) is 0 Å². The van der Waals surface area contributed by atoms with Crippen molar-refractivity contribution in [2.24, 2.45) is 4.99 Å². The molecule has 2 N–H and O–H groups in total. The summed E-state index contributed by atoms with van der Waals surface area (Å²) in [5, 5.41) is 6.58. The van der Waals surface area contributed by atoms with E-state index in [4.69, 9.17) is 14.2 Å². The van der Waals surface area contributed by atoms with E-state index >= 15 is 0 Å². The number of anilines is 1. The molecule has 0 saturated heterocycles. The maximum Gasteiger partial charge on any atom is 0.195 e. The second-order valence-electron chi connectivity index (χ2n) is 5.93. The van der Waals surface area contributed by atoms with Gasteiger partial charge in [0.2, 0.25) is 0 Å². The Morgan fingerprint density at radius 3 is 2.56 bits per heavy atom. The predicted octanol–water partition coefficient (Wildman–Crippen LogP) is 3.84. The average Bonchev–Trinajstić information content (AvgIpc) is 2.93. The lowest BCUT2D eigenvalue weighted by atomic mass is 10.1. The number of aliphatic imine (C=N–C) groups is 1. The monoisotopic (exact) mass is 483 g/mol. The zero-order valence-electron chi connectivity index (χ0n) is 15.6. The maximum atomic E-state index is 5.73. The molecule has 1 heterocycles. The molecule has 7 heteroatoms. The highest BCUT2D eigenvalue weighted by molar-refractivity contribution is 14.0. The molecule has 0 aromatic heterocycles. The van der Waals surface area contributed by atoms with Gasteiger partial charge in [0, 0.05) is 38.9 Å². The number of nitrogens with one attached hydrogen (secondary N) is 2. The van der Waals surface area contributed by atoms with Crippen LogP contribution in [0.1, 0.15) is 18.1 Å². The molecule has 0 fully saturated rings. The van der Waals surface area contributed by atoms with Crippen molar-refractivity contribution in [1.29, 1.82) is 0 Å². The van der Waals surface area contributed by atoms with Crippen molar-refractivity contribution < 1.29 is 14.2 Å². The number of fused-ring (bicyclic) bond motifs is 1. The minimum atomic E-state index is -0.0569. The van der Waals surface area contributed by atoms with E-state index in [-0.39, 0.29) is 30.1 Å². The Kier molecular flexibility index (Phi) is 8.66. The second-order valence-corrected chi connectivity index (χ2v) is 5.93. The van der Waals surface area contributed by atoms with Crippen molar-refractivity contribution in [3.8, 4) is 11.5 Å². The van der Waals surface area contributed by atoms with E-state index in [1.54, 1.807) is 14.2 Å². The number of hydrogen-bond acceptors (Lipinski definition) is 4. The quantitative estimate of drug-likeness (QED) is 0.385. The van der Waals surface area contributed by atoms with Gasteiger partial charge in [-0.3, -0.25) is 4.99 Å². The lowest BCUT2D eigenvalue weighted by Crippen LogP contribution is -2.34. The summed E-state index contributed by atoms with van der Waals surface area (Å²) >= 11 is 0. The Balaban J connectivity index is 0.00000261. The fourth-order valence-electron chi connectivity index (χ4n) is 2.75. The molecule has 146 valence electrons. The third-order valence-electron chi connectivity index (χ3n) is 4.14. The van der Waals surface area contributed by atoms with Crippen LogP contribution in [0, 0.1) is 0 Å². The third kappa shape index (κ3) is 6.00. The molecule has 0 aliphatic carbocycles. The number of rotatable bonds is 5. The summed E-state index contributed by atoms with van der Waals surface area (Å²) in [6.07, 6.45) is 0.831. The molecule has 2 aromatic carbocycles. The summed E-state index contributed by atoms with van der Waals surface area (Å²) < 4.78 is 17.0. The number of hydrogen-bond donors (Lipinski definition) is 2. The van der Waals surface area contributed by atoms with Crippen molar-refractivity contribution in [2.45, 2.75) is 12.5 Å². The average molecular weight is 483 g/mol. The topological polar surface area (TPSA) is 64.1 Å². The van der Waals surface area contributed by atoms with Crippen LogP contribution < -0.4 is 20.1 Å². The van der Waals surface area contributed by atoms with E-state index in [1.807, 2.05) is 36.4 Å². The van der Waals surface area contributed by atoms with Crippen LogP contribution in [0.5, 0.6) is 11.5 Å². The smallest absolute Gasteiger partial charge is 0.195 e. The Morgan fingerprint density at radius 2 is 1.85 bits per heavy atom. The number of ether oxygens (including phenoxy) is 3. The number of benzene rings is 2. The first-order valence-electron chi connectivity index (χ1n) is 8.75. The first-order valence-corrected chi connectivity index (χ1v) is 8.75. The first-order chi connectivity index (χ1) is 12.8. The summed E-state index contributed by atoms with van der Waals surface area (Å²) in [4.78, 5) is 4.28. The predicted molar refractivity (Wildman–Crippen MR) is 119 cm³/mol. The van der Waals surface area contributed by atoms with Gasteiger partial charge in [-0.1, -0.05) is 30.3 Å². The molecule has 27 heavy (non-hydrogen) atoms. The normalized spacial score (nSPS) is 14.5. The molecular weight excluding hydrogens is 457 g/mol. The summed E-state index contributed by atoms with van der Waals surface area (Å²) in [5.74, 6) is 2.19. The Bertz CT molecular complexity index is 741. The molecule has 3 rings (SSSR count). The van der Waals surface area contributed by atoms with Crippen molar-refractivity contribution in [1.82, 2.24) is 5.32 Å². The highest BCUT2D eigenvalue weighted by Gasteiger charge is 2.13. The molecule has 1 atom stereocenters. The van der Waals surface area contributed by atoms with Crippen LogP contribution in [0.15, 0.2) is 53.5 Å². The molecule has 0 bridgehead atoms. The van der Waals surface area contributed by atoms with E-state index < -0.39 is 0 Å². The van der Waals surface area contributed by atoms with Crippen LogP contribution >= 0.6 is 24.0 Å². The molecule has 0 saturated carbocycles. The van der Waals surface area contributed by atoms with Gasteiger partial charge in [0.15, 0.2) is 17.5 Å². The molecule has 0 radical (unpaired) electrons. The highest BCUT2D eigenvalue weighted by atomic mass is 127. The molecule has 2 aromatic rings. The fourth-order valence-corrected chi connectivity index (χ4v) is 2.75. The summed E-state index contributed by atoms with van der Waals surface area (Å²) in [7, 11) is 3.45. The standard InChI is InChI=1S/C20H25N3O3.HI/c1-21-20(22-14-19(24-2)15-7-4-3-5-8-15)23-16-9-10-17-18(13-16)26-12-6-11-25-17;/h3-5,7-10,13,19H,6,11-12,14H2,1-2H3,(H2,21,22,23);1H. The number of guanidine groups is 1. The molecule has 0 spiro atoms. The summed E-state index contributed by atoms with van der Waals surface area (Å²) in [6, 6.07) is 15.9. The molecule has 1 unspecified atom stereocenters. The van der Waals surface area contributed by atoms with Gasteiger partial charge in [0.05, 0.1) is 19.3 Å². The Hall–Kier alpha value is -2.00. The number of halogens is 1. The fraction of sp³-hybridized carbons (Fsp3) is 0.350. The van der Waals surface area contributed by atoms with Gasteiger partial charge in [-0.15, -0.1) is 24.0 Å². The van der Waals surface area contributed by atoms with Crippen LogP contribution in [-0.4, -0.2) is 39.9 Å². The van der Waals surface area contributed by atoms with Gasteiger partial charge in [0.1, 0.15) is 0 Å². The lowest BCUT2D eigenvalue weighted by molar-refractivity contribution is 0.106. The number of methoxy groups -OCH3 is 1. The second kappa shape index (κ2) is 11.0. The molecule has 6 nitrogen and oxygen atoms in total. The minimum Gasteiger partial charge on any atom is -0.490 e. The van der Waals surface area contributed by atoms with E-state index in [0.717, 1.165) is 29.2 Å². The van der Waals surface area contributed by atoms with Gasteiger partial charge >= 0.3 is 0 Å². The zero-order valence-corrected chi connectivity index (χ0v) is 17.9. The molecule has 1 aliphatic heterocycles. The van der Waals surface area contributed by atoms with Gasteiger partial charge < -0.3 is 24.8 Å². The van der Waals surface area contributed by atoms with Gasteiger partial charge in [0.25, 0.3) is 0 Å². The van der Waals surface area contributed by atoms with Crippen LogP contribution in [0.3, 0.4) is 0 Å². The molecule has 0 amide bonds. The van der Waals surface area contributed by atoms with Gasteiger partial charge in [-0.2, -0.15) is 0 Å². The molecular formula is C20H26IN3O3. The third-order valence-corrected chi connectivity index (χ3v) is 4.14. The highest BCUT2D eigenvalue weighted by Crippen LogP contribution is 2.32. The Labute approximate surface area is 177 Å². The van der Waals surface area contributed by atoms with Gasteiger partial charge in [-0.25, -0.2) is 0 Å². The van der Waals surface area contributed by atoms with Crippen molar-refractivity contribution >= 4 is 35.6 Å². The lowest BCUT2D eigenvalue weighted by Gasteiger charge is -2.19. The Morgan fingerprint density at radius 1 is 1.11 bits per heavy atom. The largest absolute Gasteiger partial charge is 0.490 e. The molecule has 1 aliphatic rings. The van der Waals surface area contributed by atoms with E-state index in [1.165, 1.54) is 0 Å². The van der Waals surface area contributed by atoms with E-state index in [9.17, 15) is 0 Å². The van der Waals surface area contributed by atoms with Crippen LogP contribution in [0.25, 0.3) is 0 Å². The first kappa shape index (κ1) is 21.3. The van der Waals surface area contributed by atoms with E-state index in [2.05, 4.69) is 27.8 Å². The SMILES string of the molecule is CN=C(NCC(OC)c1ccccc1)Nc1ccc2c(c1)OCCCO2.I. The van der Waals surface area contributed by atoms with Crippen LogP contribution in [0.4, 0.5) is 5.69 Å². The van der Waals surface area contributed by atoms with Crippen molar-refractivity contribution in [2.75, 3.05) is 39.2 Å². The zero-order chi connectivity index (χ0) is 18.2. The summed E-state index contributed by atoms with van der Waals surface area (Å²) in [6.45, 7) is 1.95. The number of nitrogens with zero attached hydrogens (tertiary/aromatic N) is 1. The minimum absolute atomic E-state index is 0. The van der Waals surface area contributed by atoms with Crippen LogP contribution in [-0.2, 0) is 4.74 Å². The van der Waals surface area contributed by atoms with Crippen molar-refractivity contribution in [3.05, 3.63) is 54.1 Å². The van der Waals surface area contributed by atoms with Crippen molar-refractivity contribution in [3.63, 3.8) is 0 Å². The summed E-state index contributed by atoms with van der Waals surface area (Å²) in [5.41, 5.74) is 2.00. The van der Waals surface area contributed by atoms with Gasteiger partial charge in [-0.05, 0) is 17.7 Å². The maximum absolute atomic E-state index is 5.73. The van der Waals surface area contributed by atoms with E-state index in [0.29, 0.717) is 25.7 Å².